The summed E-state index contributed by atoms with van der Waals surface area (Å²) in [4.78, 5) is 24.2. The van der Waals surface area contributed by atoms with Gasteiger partial charge in [-0.25, -0.2) is 0 Å². The second-order valence-electron chi connectivity index (χ2n) is 10.5. The zero-order valence-corrected chi connectivity index (χ0v) is 18.1. The van der Waals surface area contributed by atoms with Crippen molar-refractivity contribution in [2.45, 2.75) is 76.4 Å². The number of hydrogen-bond donors (Lipinski definition) is 3. The van der Waals surface area contributed by atoms with E-state index in [9.17, 15) is 14.7 Å². The Morgan fingerprint density at radius 1 is 1.17 bits per heavy atom. The van der Waals surface area contributed by atoms with E-state index < -0.39 is 17.0 Å². The highest BCUT2D eigenvalue weighted by molar-refractivity contribution is 5.88. The maximum Gasteiger partial charge on any atom is 0.307 e. The summed E-state index contributed by atoms with van der Waals surface area (Å²) in [5.41, 5.74) is 1.68. The number of benzene rings is 1. The smallest absolute Gasteiger partial charge is 0.307 e. The highest BCUT2D eigenvalue weighted by Gasteiger charge is 2.55. The first-order valence-electron chi connectivity index (χ1n) is 11.1. The SMILES string of the molecule is Cc1cc(/C=C/CC(=O)O)cc(C(C)(C)C(=O)NC2[C@@H]3CC4C[C@H]2CC(O)(C4)C3)c1. The van der Waals surface area contributed by atoms with E-state index in [1.54, 1.807) is 12.2 Å². The molecule has 0 heterocycles. The summed E-state index contributed by atoms with van der Waals surface area (Å²) in [5, 5.41) is 23.0. The lowest BCUT2D eigenvalue weighted by molar-refractivity contribution is -0.148. The van der Waals surface area contributed by atoms with Gasteiger partial charge in [0, 0.05) is 6.04 Å². The van der Waals surface area contributed by atoms with Crippen LogP contribution in [0.3, 0.4) is 0 Å². The van der Waals surface area contributed by atoms with Gasteiger partial charge in [-0.05, 0) is 81.8 Å². The lowest BCUT2D eigenvalue weighted by Crippen LogP contribution is -2.62. The van der Waals surface area contributed by atoms with Crippen LogP contribution in [0, 0.1) is 24.7 Å². The summed E-state index contributed by atoms with van der Waals surface area (Å²) in [6, 6.07) is 6.17. The van der Waals surface area contributed by atoms with Gasteiger partial charge < -0.3 is 15.5 Å². The molecule has 0 saturated heterocycles. The molecule has 5 rings (SSSR count). The number of carboxylic acids is 1. The molecule has 1 aromatic rings. The molecule has 0 spiro atoms. The summed E-state index contributed by atoms with van der Waals surface area (Å²) in [6.45, 7) is 5.89. The molecule has 5 heteroatoms. The van der Waals surface area contributed by atoms with Gasteiger partial charge in [-0.15, -0.1) is 0 Å². The summed E-state index contributed by atoms with van der Waals surface area (Å²) in [5.74, 6) is 0.545. The fraction of sp³-hybridized carbons (Fsp3) is 0.600. The first-order valence-corrected chi connectivity index (χ1v) is 11.1. The Labute approximate surface area is 178 Å². The Balaban J connectivity index is 1.51. The number of carbonyl (C=O) groups is 2. The predicted octanol–water partition coefficient (Wildman–Crippen LogP) is 3.82. The normalized spacial score (nSPS) is 32.5. The van der Waals surface area contributed by atoms with Crippen molar-refractivity contribution in [3.05, 3.63) is 41.0 Å². The number of rotatable bonds is 6. The number of aliphatic carboxylic acids is 1. The molecule has 0 aliphatic heterocycles. The first kappa shape index (κ1) is 21.1. The van der Waals surface area contributed by atoms with Crippen molar-refractivity contribution in [3.63, 3.8) is 0 Å². The van der Waals surface area contributed by atoms with Crippen LogP contribution in [-0.4, -0.2) is 33.7 Å². The number of aliphatic hydroxyl groups is 1. The molecule has 1 amide bonds. The number of aryl methyl sites for hydroxylation is 1. The van der Waals surface area contributed by atoms with Crippen LogP contribution in [0.1, 0.15) is 69.1 Å². The van der Waals surface area contributed by atoms with Gasteiger partial charge >= 0.3 is 5.97 Å². The van der Waals surface area contributed by atoms with Gasteiger partial charge in [-0.1, -0.05) is 35.9 Å². The fourth-order valence-corrected chi connectivity index (χ4v) is 6.25. The molecule has 0 radical (unpaired) electrons. The Morgan fingerprint density at radius 2 is 1.83 bits per heavy atom. The summed E-state index contributed by atoms with van der Waals surface area (Å²) >= 11 is 0. The van der Waals surface area contributed by atoms with Crippen LogP contribution in [0.4, 0.5) is 0 Å². The topological polar surface area (TPSA) is 86.6 Å². The third kappa shape index (κ3) is 4.04. The van der Waals surface area contributed by atoms with Crippen LogP contribution in [0.2, 0.25) is 0 Å². The molecule has 4 aliphatic rings. The second-order valence-corrected chi connectivity index (χ2v) is 10.5. The number of carbonyl (C=O) groups excluding carboxylic acids is 1. The number of hydrogen-bond acceptors (Lipinski definition) is 3. The van der Waals surface area contributed by atoms with Crippen molar-refractivity contribution in [3.8, 4) is 0 Å². The maximum absolute atomic E-state index is 13.4. The standard InChI is InChI=1S/C25H33NO4/c1-15-7-16(5-4-6-21(27)28)11-20(8-15)24(2,3)23(29)26-22-18-9-17-10-19(22)14-25(30,12-17)13-18/h4-5,7-8,11,17-19,22,30H,6,9-10,12-14H2,1-3H3,(H,26,29)(H,27,28)/b5-4+/t17?,18-,19+,22?,25?. The molecule has 5 nitrogen and oxygen atoms in total. The van der Waals surface area contributed by atoms with E-state index in [1.165, 1.54) is 0 Å². The van der Waals surface area contributed by atoms with Gasteiger partial charge in [-0.2, -0.15) is 0 Å². The molecule has 4 bridgehead atoms. The number of nitrogens with one attached hydrogen (secondary N) is 1. The van der Waals surface area contributed by atoms with E-state index in [4.69, 9.17) is 5.11 Å². The molecule has 30 heavy (non-hydrogen) atoms. The number of carboxylic acid groups (broad SMARTS) is 1. The van der Waals surface area contributed by atoms with Crippen LogP contribution in [0.5, 0.6) is 0 Å². The fourth-order valence-electron chi connectivity index (χ4n) is 6.25. The minimum atomic E-state index is -0.862. The van der Waals surface area contributed by atoms with Crippen molar-refractivity contribution in [2.75, 3.05) is 0 Å². The summed E-state index contributed by atoms with van der Waals surface area (Å²) in [7, 11) is 0. The molecule has 3 N–H and O–H groups in total. The van der Waals surface area contributed by atoms with Crippen LogP contribution in [0.15, 0.2) is 24.3 Å². The number of amides is 1. The van der Waals surface area contributed by atoms with Crippen molar-refractivity contribution in [1.82, 2.24) is 5.32 Å². The van der Waals surface area contributed by atoms with E-state index >= 15 is 0 Å². The molecule has 4 aliphatic carbocycles. The molecule has 4 fully saturated rings. The Hall–Kier alpha value is -2.14. The van der Waals surface area contributed by atoms with Crippen LogP contribution in [0.25, 0.3) is 6.08 Å². The highest BCUT2D eigenvalue weighted by Crippen LogP contribution is 2.55. The van der Waals surface area contributed by atoms with E-state index in [2.05, 4.69) is 5.32 Å². The van der Waals surface area contributed by atoms with Gasteiger partial charge in [0.1, 0.15) is 0 Å². The van der Waals surface area contributed by atoms with E-state index in [0.717, 1.165) is 48.8 Å². The summed E-state index contributed by atoms with van der Waals surface area (Å²) in [6.07, 6.45) is 8.21. The Bertz CT molecular complexity index is 871. The lowest BCUT2D eigenvalue weighted by atomic mass is 9.52. The molecule has 0 aromatic heterocycles. The van der Waals surface area contributed by atoms with Gasteiger partial charge in [-0.3, -0.25) is 9.59 Å². The molecular weight excluding hydrogens is 378 g/mol. The predicted molar refractivity (Wildman–Crippen MR) is 116 cm³/mol. The van der Waals surface area contributed by atoms with E-state index in [1.807, 2.05) is 39.0 Å². The molecular formula is C25H33NO4. The zero-order chi connectivity index (χ0) is 21.7. The van der Waals surface area contributed by atoms with Crippen molar-refractivity contribution < 1.29 is 19.8 Å². The van der Waals surface area contributed by atoms with Crippen molar-refractivity contribution >= 4 is 18.0 Å². The maximum atomic E-state index is 13.4. The highest BCUT2D eigenvalue weighted by atomic mass is 16.4. The van der Waals surface area contributed by atoms with Crippen LogP contribution < -0.4 is 5.32 Å². The van der Waals surface area contributed by atoms with Crippen LogP contribution in [-0.2, 0) is 15.0 Å². The van der Waals surface area contributed by atoms with Crippen molar-refractivity contribution in [2.24, 2.45) is 17.8 Å². The van der Waals surface area contributed by atoms with Gasteiger partial charge in [0.05, 0.1) is 17.4 Å². The van der Waals surface area contributed by atoms with Gasteiger partial charge in [0.15, 0.2) is 0 Å². The molecule has 4 saturated carbocycles. The largest absolute Gasteiger partial charge is 0.481 e. The van der Waals surface area contributed by atoms with E-state index in [0.29, 0.717) is 17.8 Å². The Kier molecular flexibility index (Phi) is 5.29. The molecule has 1 aromatic carbocycles. The third-order valence-corrected chi connectivity index (χ3v) is 7.53. The van der Waals surface area contributed by atoms with Gasteiger partial charge in [0.25, 0.3) is 0 Å². The molecule has 162 valence electrons. The minimum Gasteiger partial charge on any atom is -0.481 e. The average Bonchev–Trinajstić information content (AvgIpc) is 2.62. The monoisotopic (exact) mass is 411 g/mol. The molecule has 5 atom stereocenters. The average molecular weight is 412 g/mol. The van der Waals surface area contributed by atoms with Crippen LogP contribution >= 0.6 is 0 Å². The van der Waals surface area contributed by atoms with Gasteiger partial charge in [0.2, 0.25) is 5.91 Å². The lowest BCUT2D eigenvalue weighted by Gasteiger charge is -2.58. The quantitative estimate of drug-likeness (QED) is 0.664. The minimum absolute atomic E-state index is 0.0229. The Morgan fingerprint density at radius 3 is 2.43 bits per heavy atom. The molecule has 3 unspecified atom stereocenters. The second kappa shape index (κ2) is 7.52. The first-order chi connectivity index (χ1) is 14.1. The summed E-state index contributed by atoms with van der Waals surface area (Å²) < 4.78 is 0. The zero-order valence-electron chi connectivity index (χ0n) is 18.1. The third-order valence-electron chi connectivity index (χ3n) is 7.53. The van der Waals surface area contributed by atoms with E-state index in [-0.39, 0.29) is 18.4 Å². The van der Waals surface area contributed by atoms with Crippen molar-refractivity contribution in [1.29, 1.82) is 0 Å².